The molecule has 0 spiro atoms. The molecule has 29 heavy (non-hydrogen) atoms. The van der Waals surface area contributed by atoms with Gasteiger partial charge in [0.05, 0.1) is 22.9 Å². The van der Waals surface area contributed by atoms with Crippen LogP contribution in [0.2, 0.25) is 0 Å². The zero-order chi connectivity index (χ0) is 20.1. The molecule has 1 saturated heterocycles. The van der Waals surface area contributed by atoms with E-state index in [1.165, 1.54) is 11.8 Å². The molecule has 2 atom stereocenters. The van der Waals surface area contributed by atoms with Crippen LogP contribution in [0.25, 0.3) is 10.2 Å². The normalized spacial score (nSPS) is 17.3. The van der Waals surface area contributed by atoms with E-state index in [-0.39, 0.29) is 17.3 Å². The SMILES string of the molecule is CCOc1ccc2nc(S[C@@H](C(=O)NC[C@H]3CCCO3)c3ccccc3)sc2c1. The Balaban J connectivity index is 1.53. The van der Waals surface area contributed by atoms with Gasteiger partial charge in [0.25, 0.3) is 0 Å². The molecule has 1 aliphatic heterocycles. The number of aromatic nitrogens is 1. The van der Waals surface area contributed by atoms with Gasteiger partial charge in [-0.05, 0) is 43.5 Å². The van der Waals surface area contributed by atoms with Crippen molar-refractivity contribution in [2.24, 2.45) is 0 Å². The van der Waals surface area contributed by atoms with Gasteiger partial charge in [0.1, 0.15) is 11.0 Å². The molecule has 0 aliphatic carbocycles. The van der Waals surface area contributed by atoms with Gasteiger partial charge in [0.2, 0.25) is 5.91 Å². The second kappa shape index (κ2) is 9.61. The predicted molar refractivity (Wildman–Crippen MR) is 118 cm³/mol. The van der Waals surface area contributed by atoms with Crippen LogP contribution in [0, 0.1) is 0 Å². The minimum atomic E-state index is -0.357. The zero-order valence-electron chi connectivity index (χ0n) is 16.3. The number of fused-ring (bicyclic) bond motifs is 1. The largest absolute Gasteiger partial charge is 0.494 e. The molecule has 3 aromatic rings. The van der Waals surface area contributed by atoms with Crippen molar-refractivity contribution >= 4 is 39.2 Å². The van der Waals surface area contributed by atoms with Gasteiger partial charge < -0.3 is 14.8 Å². The first kappa shape index (κ1) is 20.2. The molecule has 5 nitrogen and oxygen atoms in total. The van der Waals surface area contributed by atoms with Crippen LogP contribution in [0.15, 0.2) is 52.9 Å². The lowest BCUT2D eigenvalue weighted by molar-refractivity contribution is -0.121. The molecule has 2 aromatic carbocycles. The Hall–Kier alpha value is -2.09. The van der Waals surface area contributed by atoms with Crippen LogP contribution < -0.4 is 10.1 Å². The van der Waals surface area contributed by atoms with Crippen LogP contribution in [0.4, 0.5) is 0 Å². The summed E-state index contributed by atoms with van der Waals surface area (Å²) in [5.41, 5.74) is 1.89. The Morgan fingerprint density at radius 3 is 2.97 bits per heavy atom. The Bertz CT molecular complexity index is 955. The standard InChI is InChI=1S/C22H24N2O3S2/c1-2-26-16-10-11-18-19(13-16)28-22(24-18)29-20(15-7-4-3-5-8-15)21(25)23-14-17-9-6-12-27-17/h3-5,7-8,10-11,13,17,20H,2,6,9,12,14H2,1H3,(H,23,25)/t17-,20-/m1/s1. The molecule has 2 heterocycles. The molecule has 1 N–H and O–H groups in total. The first-order valence-electron chi connectivity index (χ1n) is 9.87. The molecule has 7 heteroatoms. The molecule has 1 fully saturated rings. The molecule has 4 rings (SSSR count). The van der Waals surface area contributed by atoms with Crippen molar-refractivity contribution in [3.8, 4) is 5.75 Å². The van der Waals surface area contributed by atoms with Gasteiger partial charge >= 0.3 is 0 Å². The molecule has 0 unspecified atom stereocenters. The van der Waals surface area contributed by atoms with Crippen LogP contribution in [0.1, 0.15) is 30.6 Å². The van der Waals surface area contributed by atoms with Gasteiger partial charge in [-0.2, -0.15) is 0 Å². The predicted octanol–water partition coefficient (Wildman–Crippen LogP) is 4.82. The van der Waals surface area contributed by atoms with E-state index in [9.17, 15) is 4.79 Å². The second-order valence-electron chi connectivity index (χ2n) is 6.83. The maximum absolute atomic E-state index is 13.0. The molecule has 0 saturated carbocycles. The monoisotopic (exact) mass is 428 g/mol. The molecular weight excluding hydrogens is 404 g/mol. The van der Waals surface area contributed by atoms with Gasteiger partial charge in [0, 0.05) is 13.2 Å². The number of amides is 1. The fourth-order valence-electron chi connectivity index (χ4n) is 3.30. The lowest BCUT2D eigenvalue weighted by Crippen LogP contribution is -2.34. The van der Waals surface area contributed by atoms with E-state index >= 15 is 0 Å². The van der Waals surface area contributed by atoms with E-state index in [1.807, 2.05) is 55.5 Å². The minimum Gasteiger partial charge on any atom is -0.494 e. The highest BCUT2D eigenvalue weighted by Gasteiger charge is 2.25. The van der Waals surface area contributed by atoms with Crippen molar-refractivity contribution in [2.75, 3.05) is 19.8 Å². The number of thioether (sulfide) groups is 1. The van der Waals surface area contributed by atoms with Crippen LogP contribution in [-0.4, -0.2) is 36.8 Å². The van der Waals surface area contributed by atoms with Crippen molar-refractivity contribution in [3.05, 3.63) is 54.1 Å². The van der Waals surface area contributed by atoms with Gasteiger partial charge in [0.15, 0.2) is 4.34 Å². The molecule has 1 aliphatic rings. The van der Waals surface area contributed by atoms with Gasteiger partial charge in [-0.15, -0.1) is 11.3 Å². The number of benzene rings is 2. The fraction of sp³-hybridized carbons (Fsp3) is 0.364. The number of ether oxygens (including phenoxy) is 2. The van der Waals surface area contributed by atoms with E-state index < -0.39 is 0 Å². The van der Waals surface area contributed by atoms with Crippen LogP contribution in [0.3, 0.4) is 0 Å². The Morgan fingerprint density at radius 2 is 2.21 bits per heavy atom. The Morgan fingerprint density at radius 1 is 1.34 bits per heavy atom. The molecule has 152 valence electrons. The van der Waals surface area contributed by atoms with Crippen molar-refractivity contribution < 1.29 is 14.3 Å². The van der Waals surface area contributed by atoms with Crippen molar-refractivity contribution in [2.45, 2.75) is 35.5 Å². The quantitative estimate of drug-likeness (QED) is 0.521. The van der Waals surface area contributed by atoms with E-state index in [2.05, 4.69) is 5.32 Å². The summed E-state index contributed by atoms with van der Waals surface area (Å²) < 4.78 is 13.2. The summed E-state index contributed by atoms with van der Waals surface area (Å²) in [5, 5.41) is 2.72. The van der Waals surface area contributed by atoms with E-state index in [1.54, 1.807) is 11.3 Å². The first-order chi connectivity index (χ1) is 14.2. The summed E-state index contributed by atoms with van der Waals surface area (Å²) in [5.74, 6) is 0.833. The fourth-order valence-corrected chi connectivity index (χ4v) is 5.62. The highest BCUT2D eigenvalue weighted by Crippen LogP contribution is 2.40. The third-order valence-corrected chi connectivity index (χ3v) is 7.10. The summed E-state index contributed by atoms with van der Waals surface area (Å²) in [7, 11) is 0. The first-order valence-corrected chi connectivity index (χ1v) is 11.6. The zero-order valence-corrected chi connectivity index (χ0v) is 17.9. The summed E-state index contributed by atoms with van der Waals surface area (Å²) >= 11 is 3.08. The Kier molecular flexibility index (Phi) is 6.69. The number of thiazole rings is 1. The third-order valence-electron chi connectivity index (χ3n) is 4.74. The van der Waals surface area contributed by atoms with Crippen LogP contribution in [-0.2, 0) is 9.53 Å². The number of hydrogen-bond donors (Lipinski definition) is 1. The van der Waals surface area contributed by atoms with Crippen molar-refractivity contribution in [3.63, 3.8) is 0 Å². The maximum Gasteiger partial charge on any atom is 0.238 e. The molecule has 1 aromatic heterocycles. The number of rotatable bonds is 8. The number of carbonyl (C=O) groups excluding carboxylic acids is 1. The molecule has 0 radical (unpaired) electrons. The average Bonchev–Trinajstić information content (AvgIpc) is 3.40. The van der Waals surface area contributed by atoms with Gasteiger partial charge in [-0.3, -0.25) is 4.79 Å². The van der Waals surface area contributed by atoms with Crippen LogP contribution >= 0.6 is 23.1 Å². The number of carbonyl (C=O) groups is 1. The van der Waals surface area contributed by atoms with Crippen molar-refractivity contribution in [1.82, 2.24) is 10.3 Å². The van der Waals surface area contributed by atoms with E-state index in [0.29, 0.717) is 13.2 Å². The van der Waals surface area contributed by atoms with E-state index in [0.717, 1.165) is 45.3 Å². The topological polar surface area (TPSA) is 60.5 Å². The Labute approximate surface area is 178 Å². The average molecular weight is 429 g/mol. The highest BCUT2D eigenvalue weighted by molar-refractivity contribution is 8.02. The maximum atomic E-state index is 13.0. The smallest absolute Gasteiger partial charge is 0.238 e. The lowest BCUT2D eigenvalue weighted by atomic mass is 10.1. The third kappa shape index (κ3) is 5.10. The van der Waals surface area contributed by atoms with Gasteiger partial charge in [-0.1, -0.05) is 42.1 Å². The molecule has 0 bridgehead atoms. The minimum absolute atomic E-state index is 0.00837. The van der Waals surface area contributed by atoms with Gasteiger partial charge in [-0.25, -0.2) is 4.98 Å². The molecule has 1 amide bonds. The highest BCUT2D eigenvalue weighted by atomic mass is 32.2. The molecular formula is C22H24N2O3S2. The number of nitrogens with one attached hydrogen (secondary N) is 1. The lowest BCUT2D eigenvalue weighted by Gasteiger charge is -2.17. The van der Waals surface area contributed by atoms with E-state index in [4.69, 9.17) is 14.5 Å². The van der Waals surface area contributed by atoms with Crippen molar-refractivity contribution in [1.29, 1.82) is 0 Å². The summed E-state index contributed by atoms with van der Waals surface area (Å²) in [6, 6.07) is 15.8. The summed E-state index contributed by atoms with van der Waals surface area (Å²) in [6.45, 7) is 3.94. The number of nitrogens with zero attached hydrogens (tertiary/aromatic N) is 1. The van der Waals surface area contributed by atoms with Crippen LogP contribution in [0.5, 0.6) is 5.75 Å². The second-order valence-corrected chi connectivity index (χ2v) is 9.21. The summed E-state index contributed by atoms with van der Waals surface area (Å²) in [6.07, 6.45) is 2.19. The summed E-state index contributed by atoms with van der Waals surface area (Å²) in [4.78, 5) is 17.7. The number of hydrogen-bond acceptors (Lipinski definition) is 6.